The third-order valence-corrected chi connectivity index (χ3v) is 7.72. The molecule has 3 aromatic rings. The molecule has 1 N–H and O–H groups in total. The van der Waals surface area contributed by atoms with Crippen molar-refractivity contribution in [2.75, 3.05) is 24.0 Å². The second-order valence-electron chi connectivity index (χ2n) is 10.1. The number of sulfonamides is 1. The van der Waals surface area contributed by atoms with Gasteiger partial charge in [0.1, 0.15) is 18.9 Å². The van der Waals surface area contributed by atoms with Gasteiger partial charge in [-0.25, -0.2) is 8.42 Å². The summed E-state index contributed by atoms with van der Waals surface area (Å²) in [7, 11) is -3.95. The van der Waals surface area contributed by atoms with Crippen molar-refractivity contribution in [3.8, 4) is 5.75 Å². The topological polar surface area (TPSA) is 75.7 Å². The molecular weight excluding hydrogens is 472 g/mol. The van der Waals surface area contributed by atoms with Crippen LogP contribution in [0.15, 0.2) is 71.6 Å². The maximum Gasteiger partial charge on any atom is 0.264 e. The monoisotopic (exact) mass is 508 g/mol. The van der Waals surface area contributed by atoms with Crippen molar-refractivity contribution in [3.63, 3.8) is 0 Å². The highest BCUT2D eigenvalue weighted by atomic mass is 32.2. The number of hydrogen-bond acceptors (Lipinski definition) is 4. The minimum Gasteiger partial charge on any atom is -0.492 e. The van der Waals surface area contributed by atoms with E-state index in [4.69, 9.17) is 4.74 Å². The van der Waals surface area contributed by atoms with Crippen molar-refractivity contribution in [1.29, 1.82) is 0 Å². The van der Waals surface area contributed by atoms with Gasteiger partial charge in [0.25, 0.3) is 10.0 Å². The van der Waals surface area contributed by atoms with Gasteiger partial charge >= 0.3 is 0 Å². The first-order valence-electron chi connectivity index (χ1n) is 12.0. The molecule has 0 saturated heterocycles. The molecule has 7 heteroatoms. The molecule has 0 heterocycles. The van der Waals surface area contributed by atoms with Crippen LogP contribution < -0.4 is 14.4 Å². The second-order valence-corrected chi connectivity index (χ2v) is 11.9. The summed E-state index contributed by atoms with van der Waals surface area (Å²) in [6.45, 7) is 12.3. The van der Waals surface area contributed by atoms with E-state index in [1.165, 1.54) is 9.87 Å². The number of benzene rings is 3. The average Bonchev–Trinajstić information content (AvgIpc) is 2.82. The van der Waals surface area contributed by atoms with E-state index in [1.54, 1.807) is 30.3 Å². The van der Waals surface area contributed by atoms with E-state index in [0.29, 0.717) is 5.69 Å². The van der Waals surface area contributed by atoms with Crippen LogP contribution in [-0.4, -0.2) is 34.0 Å². The fourth-order valence-corrected chi connectivity index (χ4v) is 5.20. The minimum atomic E-state index is -3.95. The molecule has 3 aromatic carbocycles. The van der Waals surface area contributed by atoms with Crippen molar-refractivity contribution < 1.29 is 17.9 Å². The molecule has 0 radical (unpaired) electrons. The Morgan fingerprint density at radius 2 is 1.50 bits per heavy atom. The number of rotatable bonds is 9. The lowest BCUT2D eigenvalue weighted by molar-refractivity contribution is -0.119. The summed E-state index contributed by atoms with van der Waals surface area (Å²) < 4.78 is 34.1. The number of carbonyl (C=O) groups is 1. The van der Waals surface area contributed by atoms with Gasteiger partial charge in [0.2, 0.25) is 5.91 Å². The SMILES string of the molecule is Cc1ccc(S(=O)(=O)N(CC(=O)NCCOc2ccc(C(C)(C)C)cc2)c2cc(C)ccc2C)cc1. The lowest BCUT2D eigenvalue weighted by Gasteiger charge is -2.26. The van der Waals surface area contributed by atoms with Gasteiger partial charge < -0.3 is 10.1 Å². The third kappa shape index (κ3) is 6.88. The summed E-state index contributed by atoms with van der Waals surface area (Å²) >= 11 is 0. The molecule has 3 rings (SSSR count). The zero-order valence-electron chi connectivity index (χ0n) is 22.0. The van der Waals surface area contributed by atoms with E-state index >= 15 is 0 Å². The molecule has 0 saturated carbocycles. The predicted octanol–water partition coefficient (Wildman–Crippen LogP) is 5.30. The van der Waals surface area contributed by atoms with E-state index in [9.17, 15) is 13.2 Å². The standard InChI is InChI=1S/C29H36N2O4S/c1-21-8-15-26(16-9-21)36(33,34)31(27-19-22(2)7-10-23(27)3)20-28(32)30-17-18-35-25-13-11-24(12-14-25)29(4,5)6/h7-16,19H,17-18,20H2,1-6H3,(H,30,32). The smallest absolute Gasteiger partial charge is 0.264 e. The van der Waals surface area contributed by atoms with Crippen LogP contribution in [0.25, 0.3) is 0 Å². The first-order valence-corrected chi connectivity index (χ1v) is 13.5. The number of nitrogens with zero attached hydrogens (tertiary/aromatic N) is 1. The first kappa shape index (κ1) is 27.3. The highest BCUT2D eigenvalue weighted by Crippen LogP contribution is 2.28. The maximum atomic E-state index is 13.6. The molecule has 0 fully saturated rings. The van der Waals surface area contributed by atoms with Crippen LogP contribution in [0, 0.1) is 20.8 Å². The Kier molecular flexibility index (Phi) is 8.46. The Morgan fingerprint density at radius 3 is 2.11 bits per heavy atom. The summed E-state index contributed by atoms with van der Waals surface area (Å²) in [6.07, 6.45) is 0. The van der Waals surface area contributed by atoms with Crippen molar-refractivity contribution in [3.05, 3.63) is 89.0 Å². The van der Waals surface area contributed by atoms with Crippen molar-refractivity contribution >= 4 is 21.6 Å². The zero-order chi connectivity index (χ0) is 26.5. The van der Waals surface area contributed by atoms with E-state index in [1.807, 2.05) is 57.2 Å². The van der Waals surface area contributed by atoms with Gasteiger partial charge in [0, 0.05) is 0 Å². The van der Waals surface area contributed by atoms with E-state index in [-0.39, 0.29) is 30.0 Å². The molecule has 0 spiro atoms. The molecule has 0 aliphatic heterocycles. The summed E-state index contributed by atoms with van der Waals surface area (Å²) in [5.74, 6) is 0.314. The predicted molar refractivity (Wildman–Crippen MR) is 145 cm³/mol. The molecule has 0 bridgehead atoms. The first-order chi connectivity index (χ1) is 16.9. The summed E-state index contributed by atoms with van der Waals surface area (Å²) in [4.78, 5) is 13.0. The molecule has 0 unspecified atom stereocenters. The fraction of sp³-hybridized carbons (Fsp3) is 0.345. The number of carbonyl (C=O) groups excluding carboxylic acids is 1. The molecule has 1 amide bonds. The summed E-state index contributed by atoms with van der Waals surface area (Å²) in [5, 5.41) is 2.79. The van der Waals surface area contributed by atoms with Crippen molar-refractivity contribution in [2.45, 2.75) is 51.9 Å². The molecule has 0 aliphatic carbocycles. The van der Waals surface area contributed by atoms with Gasteiger partial charge in [0.05, 0.1) is 17.1 Å². The van der Waals surface area contributed by atoms with Crippen LogP contribution in [0.2, 0.25) is 0 Å². The van der Waals surface area contributed by atoms with Crippen LogP contribution in [0.5, 0.6) is 5.75 Å². The molecule has 0 aromatic heterocycles. The normalized spacial score (nSPS) is 11.7. The van der Waals surface area contributed by atoms with E-state index in [0.717, 1.165) is 22.4 Å². The Bertz CT molecular complexity index is 1290. The van der Waals surface area contributed by atoms with Crippen LogP contribution in [0.3, 0.4) is 0 Å². The summed E-state index contributed by atoms with van der Waals surface area (Å²) in [5.41, 5.74) is 4.40. The summed E-state index contributed by atoms with van der Waals surface area (Å²) in [6, 6.07) is 20.1. The number of nitrogens with one attached hydrogen (secondary N) is 1. The number of anilines is 1. The Hall–Kier alpha value is -3.32. The minimum absolute atomic E-state index is 0.0624. The highest BCUT2D eigenvalue weighted by Gasteiger charge is 2.28. The number of amides is 1. The lowest BCUT2D eigenvalue weighted by atomic mass is 9.87. The van der Waals surface area contributed by atoms with Crippen molar-refractivity contribution in [2.24, 2.45) is 0 Å². The van der Waals surface area contributed by atoms with Gasteiger partial charge in [-0.3, -0.25) is 9.10 Å². The largest absolute Gasteiger partial charge is 0.492 e. The van der Waals surface area contributed by atoms with Crippen LogP contribution in [0.4, 0.5) is 5.69 Å². The molecule has 36 heavy (non-hydrogen) atoms. The van der Waals surface area contributed by atoms with E-state index < -0.39 is 15.9 Å². The molecule has 0 aliphatic rings. The lowest BCUT2D eigenvalue weighted by Crippen LogP contribution is -2.42. The second kappa shape index (κ2) is 11.2. The van der Waals surface area contributed by atoms with Crippen molar-refractivity contribution in [1.82, 2.24) is 5.32 Å². The van der Waals surface area contributed by atoms with Gasteiger partial charge in [-0.1, -0.05) is 62.7 Å². The maximum absolute atomic E-state index is 13.6. The molecule has 0 atom stereocenters. The molecule has 6 nitrogen and oxygen atoms in total. The Morgan fingerprint density at radius 1 is 0.889 bits per heavy atom. The molecule has 192 valence electrons. The highest BCUT2D eigenvalue weighted by molar-refractivity contribution is 7.92. The van der Waals surface area contributed by atoms with Gasteiger partial charge in [-0.15, -0.1) is 0 Å². The quantitative estimate of drug-likeness (QED) is 0.398. The van der Waals surface area contributed by atoms with Gasteiger partial charge in [-0.2, -0.15) is 0 Å². The van der Waals surface area contributed by atoms with Crippen LogP contribution >= 0.6 is 0 Å². The van der Waals surface area contributed by atoms with Crippen LogP contribution in [0.1, 0.15) is 43.0 Å². The number of hydrogen-bond donors (Lipinski definition) is 1. The third-order valence-electron chi connectivity index (χ3n) is 5.94. The number of aryl methyl sites for hydroxylation is 3. The van der Waals surface area contributed by atoms with Crippen LogP contribution in [-0.2, 0) is 20.2 Å². The van der Waals surface area contributed by atoms with Gasteiger partial charge in [-0.05, 0) is 73.2 Å². The van der Waals surface area contributed by atoms with Gasteiger partial charge in [0.15, 0.2) is 0 Å². The van der Waals surface area contributed by atoms with E-state index in [2.05, 4.69) is 26.1 Å². The Balaban J connectivity index is 1.70. The average molecular weight is 509 g/mol. The fourth-order valence-electron chi connectivity index (χ4n) is 3.72. The molecular formula is C29H36N2O4S. The Labute approximate surface area is 215 Å². The number of ether oxygens (including phenoxy) is 1. The zero-order valence-corrected chi connectivity index (χ0v) is 22.8.